The highest BCUT2D eigenvalue weighted by Crippen LogP contribution is 2.36. The summed E-state index contributed by atoms with van der Waals surface area (Å²) >= 11 is 0. The van der Waals surface area contributed by atoms with Gasteiger partial charge in [0.1, 0.15) is 0 Å². The van der Waals surface area contributed by atoms with Crippen molar-refractivity contribution in [1.82, 2.24) is 0 Å². The Kier molecular flexibility index (Phi) is 6.01. The lowest BCUT2D eigenvalue weighted by Gasteiger charge is -2.29. The molecule has 1 nitrogen and oxygen atoms in total. The molecule has 2 atom stereocenters. The number of rotatable bonds is 6. The molecule has 0 N–H and O–H groups in total. The second kappa shape index (κ2) is 6.45. The van der Waals surface area contributed by atoms with E-state index in [0.717, 1.165) is 19.3 Å². The van der Waals surface area contributed by atoms with E-state index in [4.69, 9.17) is 0 Å². The first-order chi connectivity index (χ1) is 7.01. The first-order valence-corrected chi connectivity index (χ1v) is 5.66. The largest absolute Gasteiger partial charge is 0.198 e. The highest BCUT2D eigenvalue weighted by molar-refractivity contribution is 5.12. The first-order valence-electron chi connectivity index (χ1n) is 5.66. The monoisotopic (exact) mass is 205 g/mol. The van der Waals surface area contributed by atoms with Crippen LogP contribution in [0.25, 0.3) is 0 Å². The van der Waals surface area contributed by atoms with E-state index in [1.54, 1.807) is 0 Å². The normalized spacial score (nSPS) is 17.7. The van der Waals surface area contributed by atoms with Crippen molar-refractivity contribution in [2.45, 2.75) is 47.0 Å². The van der Waals surface area contributed by atoms with Crippen molar-refractivity contribution in [1.29, 1.82) is 5.26 Å². The molecule has 0 bridgehead atoms. The van der Waals surface area contributed by atoms with E-state index in [0.29, 0.717) is 5.92 Å². The van der Waals surface area contributed by atoms with Gasteiger partial charge in [0.25, 0.3) is 0 Å². The summed E-state index contributed by atoms with van der Waals surface area (Å²) in [6, 6.07) is 2.48. The summed E-state index contributed by atoms with van der Waals surface area (Å²) in [4.78, 5) is 0. The second-order valence-corrected chi connectivity index (χ2v) is 4.46. The summed E-state index contributed by atoms with van der Waals surface area (Å²) in [5.74, 6) is 0.331. The summed E-state index contributed by atoms with van der Waals surface area (Å²) in [6.07, 6.45) is 7.02. The minimum atomic E-state index is -0.237. The van der Waals surface area contributed by atoms with Crippen LogP contribution in [-0.4, -0.2) is 0 Å². The third-order valence-corrected chi connectivity index (χ3v) is 3.45. The zero-order valence-corrected chi connectivity index (χ0v) is 10.5. The van der Waals surface area contributed by atoms with Crippen LogP contribution in [0.5, 0.6) is 0 Å². The molecule has 0 rings (SSSR count). The lowest BCUT2D eigenvalue weighted by molar-refractivity contribution is 0.295. The molecule has 0 aliphatic carbocycles. The molecule has 0 aromatic rings. The predicted octanol–water partition coefficient (Wildman–Crippen LogP) is 4.47. The Labute approximate surface area is 94.5 Å². The van der Waals surface area contributed by atoms with E-state index >= 15 is 0 Å². The fourth-order valence-electron chi connectivity index (χ4n) is 1.74. The van der Waals surface area contributed by atoms with Gasteiger partial charge in [0.15, 0.2) is 0 Å². The number of allylic oxidation sites excluding steroid dienone is 3. The molecule has 0 amide bonds. The van der Waals surface area contributed by atoms with E-state index in [1.165, 1.54) is 5.57 Å². The molecule has 0 aromatic carbocycles. The molecule has 15 heavy (non-hydrogen) atoms. The smallest absolute Gasteiger partial charge is 0.0693 e. The highest BCUT2D eigenvalue weighted by atomic mass is 14.4. The Morgan fingerprint density at radius 1 is 1.60 bits per heavy atom. The molecule has 84 valence electrons. The Balaban J connectivity index is 4.56. The van der Waals surface area contributed by atoms with Gasteiger partial charge in [0.2, 0.25) is 0 Å². The van der Waals surface area contributed by atoms with Crippen LogP contribution in [0.3, 0.4) is 0 Å². The van der Waals surface area contributed by atoms with Crippen molar-refractivity contribution in [3.63, 3.8) is 0 Å². The molecule has 0 heterocycles. The van der Waals surface area contributed by atoms with Crippen LogP contribution in [0, 0.1) is 22.7 Å². The van der Waals surface area contributed by atoms with Crippen LogP contribution in [0.1, 0.15) is 47.0 Å². The number of hydrogen-bond acceptors (Lipinski definition) is 1. The minimum Gasteiger partial charge on any atom is -0.198 e. The maximum absolute atomic E-state index is 9.30. The van der Waals surface area contributed by atoms with E-state index in [1.807, 2.05) is 13.0 Å². The van der Waals surface area contributed by atoms with Crippen LogP contribution in [-0.2, 0) is 0 Å². The van der Waals surface area contributed by atoms with Crippen LogP contribution >= 0.6 is 0 Å². The number of unbranched alkanes of at least 4 members (excludes halogenated alkanes) is 1. The lowest BCUT2D eigenvalue weighted by atomic mass is 9.72. The van der Waals surface area contributed by atoms with Crippen molar-refractivity contribution in [3.8, 4) is 6.07 Å². The van der Waals surface area contributed by atoms with Gasteiger partial charge < -0.3 is 0 Å². The minimum absolute atomic E-state index is 0.237. The molecule has 0 spiro atoms. The number of nitrogens with zero attached hydrogens (tertiary/aromatic N) is 1. The van der Waals surface area contributed by atoms with Gasteiger partial charge in [-0.2, -0.15) is 5.26 Å². The lowest BCUT2D eigenvalue weighted by Crippen LogP contribution is -2.24. The van der Waals surface area contributed by atoms with Crippen LogP contribution in [0.2, 0.25) is 0 Å². The SMILES string of the molecule is C=CCCC[C@](C)(C#N)[C@@H](C)/C(C)=C/C. The van der Waals surface area contributed by atoms with E-state index < -0.39 is 0 Å². The molecule has 0 unspecified atom stereocenters. The van der Waals surface area contributed by atoms with Crippen LogP contribution in [0.4, 0.5) is 0 Å². The maximum Gasteiger partial charge on any atom is 0.0693 e. The molecule has 0 aliphatic rings. The number of hydrogen-bond donors (Lipinski definition) is 0. The van der Waals surface area contributed by atoms with E-state index in [2.05, 4.69) is 39.5 Å². The van der Waals surface area contributed by atoms with Gasteiger partial charge >= 0.3 is 0 Å². The summed E-state index contributed by atoms with van der Waals surface area (Å²) in [6.45, 7) is 12.1. The van der Waals surface area contributed by atoms with Crippen molar-refractivity contribution in [2.75, 3.05) is 0 Å². The molecule has 0 saturated heterocycles. The summed E-state index contributed by atoms with van der Waals surface area (Å²) in [5, 5.41) is 9.30. The van der Waals surface area contributed by atoms with E-state index in [-0.39, 0.29) is 5.41 Å². The topological polar surface area (TPSA) is 23.8 Å². The van der Waals surface area contributed by atoms with Crippen molar-refractivity contribution < 1.29 is 0 Å². The summed E-state index contributed by atoms with van der Waals surface area (Å²) < 4.78 is 0. The standard InChI is InChI=1S/C14H23N/c1-6-8-9-10-14(5,11-15)13(4)12(3)7-2/h6-7,13H,1,8-10H2,2-5H3/b12-7+/t13-,14+/m0/s1. The van der Waals surface area contributed by atoms with Gasteiger partial charge in [-0.3, -0.25) is 0 Å². The van der Waals surface area contributed by atoms with Gasteiger partial charge in [0, 0.05) is 0 Å². The fourth-order valence-corrected chi connectivity index (χ4v) is 1.74. The van der Waals surface area contributed by atoms with Crippen molar-refractivity contribution >= 4 is 0 Å². The maximum atomic E-state index is 9.30. The zero-order valence-electron chi connectivity index (χ0n) is 10.5. The molecule has 0 fully saturated rings. The average Bonchev–Trinajstić information content (AvgIpc) is 2.27. The van der Waals surface area contributed by atoms with Gasteiger partial charge in [-0.1, -0.05) is 24.6 Å². The Morgan fingerprint density at radius 3 is 2.60 bits per heavy atom. The molecular formula is C14H23N. The van der Waals surface area contributed by atoms with Crippen molar-refractivity contribution in [2.24, 2.45) is 11.3 Å². The molecule has 1 heteroatoms. The number of nitriles is 1. The average molecular weight is 205 g/mol. The van der Waals surface area contributed by atoms with Gasteiger partial charge in [-0.05, 0) is 46.0 Å². The van der Waals surface area contributed by atoms with Gasteiger partial charge in [0.05, 0.1) is 11.5 Å². The Bertz CT molecular complexity index is 270. The Hall–Kier alpha value is -1.03. The van der Waals surface area contributed by atoms with Gasteiger partial charge in [-0.25, -0.2) is 0 Å². The van der Waals surface area contributed by atoms with Gasteiger partial charge in [-0.15, -0.1) is 6.58 Å². The molecule has 0 aromatic heterocycles. The predicted molar refractivity (Wildman–Crippen MR) is 66.4 cm³/mol. The van der Waals surface area contributed by atoms with Crippen molar-refractivity contribution in [3.05, 3.63) is 24.3 Å². The second-order valence-electron chi connectivity index (χ2n) is 4.46. The first kappa shape index (κ1) is 14.0. The fraction of sp³-hybridized carbons (Fsp3) is 0.643. The third kappa shape index (κ3) is 3.91. The van der Waals surface area contributed by atoms with Crippen LogP contribution in [0.15, 0.2) is 24.3 Å². The zero-order chi connectivity index (χ0) is 11.9. The van der Waals surface area contributed by atoms with E-state index in [9.17, 15) is 5.26 Å². The molecular weight excluding hydrogens is 182 g/mol. The molecule has 0 aliphatic heterocycles. The summed E-state index contributed by atoms with van der Waals surface area (Å²) in [7, 11) is 0. The highest BCUT2D eigenvalue weighted by Gasteiger charge is 2.31. The molecule has 0 saturated carbocycles. The Morgan fingerprint density at radius 2 is 2.20 bits per heavy atom. The third-order valence-electron chi connectivity index (χ3n) is 3.45. The van der Waals surface area contributed by atoms with Crippen LogP contribution < -0.4 is 0 Å². The molecule has 0 radical (unpaired) electrons. The quantitative estimate of drug-likeness (QED) is 0.463. The summed E-state index contributed by atoms with van der Waals surface area (Å²) in [5.41, 5.74) is 1.07.